The topological polar surface area (TPSA) is 101 Å². The van der Waals surface area contributed by atoms with E-state index in [4.69, 9.17) is 23.7 Å². The second-order valence-electron chi connectivity index (χ2n) is 8.96. The van der Waals surface area contributed by atoms with Crippen LogP contribution in [0.1, 0.15) is 17.5 Å². The van der Waals surface area contributed by atoms with Gasteiger partial charge in [0.2, 0.25) is 0 Å². The number of ether oxygens (including phenoxy) is 5. The van der Waals surface area contributed by atoms with Crippen LogP contribution in [-0.2, 0) is 46.5 Å². The third-order valence-electron chi connectivity index (χ3n) is 6.62. The average molecular weight is 469 g/mol. The van der Waals surface area contributed by atoms with Crippen LogP contribution in [-0.4, -0.2) is 60.8 Å². The number of aliphatic hydroxyl groups excluding tert-OH is 1. The van der Waals surface area contributed by atoms with Gasteiger partial charge in [0, 0.05) is 5.92 Å². The Balaban J connectivity index is 1.20. The molecular weight excluding hydrogens is 440 g/mol. The standard InChI is InChI=1S/C26H28O8/c27-19(14-30-12-16-7-3-1-4-8-16)24-25-22(26(29)34-24)18-11-21(28)32-20(23(18)33-25)15-31-13-17-9-5-2-6-10-17/h1-10,18-20,22-25,27H,11-15H2/t18?,19-,20-,22?,23+,24+,25+/m1/s1. The van der Waals surface area contributed by atoms with E-state index in [1.165, 1.54) is 0 Å². The van der Waals surface area contributed by atoms with Crippen LogP contribution in [0.5, 0.6) is 0 Å². The van der Waals surface area contributed by atoms with Gasteiger partial charge >= 0.3 is 11.9 Å². The van der Waals surface area contributed by atoms with Crippen molar-refractivity contribution in [1.82, 2.24) is 0 Å². The highest BCUT2D eigenvalue weighted by Crippen LogP contribution is 2.46. The van der Waals surface area contributed by atoms with Crippen molar-refractivity contribution >= 4 is 11.9 Å². The Kier molecular flexibility index (Phi) is 6.92. The van der Waals surface area contributed by atoms with Crippen LogP contribution in [0.25, 0.3) is 0 Å². The third kappa shape index (κ3) is 4.86. The first-order valence-corrected chi connectivity index (χ1v) is 11.6. The molecule has 0 aliphatic carbocycles. The molecule has 2 aromatic rings. The molecule has 3 aliphatic heterocycles. The zero-order valence-electron chi connectivity index (χ0n) is 18.7. The number of rotatable bonds is 9. The van der Waals surface area contributed by atoms with E-state index in [0.717, 1.165) is 11.1 Å². The first kappa shape index (κ1) is 23.0. The van der Waals surface area contributed by atoms with Gasteiger partial charge in [-0.05, 0) is 11.1 Å². The molecule has 8 nitrogen and oxygen atoms in total. The van der Waals surface area contributed by atoms with E-state index in [0.29, 0.717) is 13.2 Å². The Hall–Kier alpha value is -2.78. The Bertz CT molecular complexity index is 981. The lowest BCUT2D eigenvalue weighted by molar-refractivity contribution is -0.186. The maximum Gasteiger partial charge on any atom is 0.312 e. The number of carbonyl (C=O) groups is 2. The number of carbonyl (C=O) groups excluding carboxylic acids is 2. The molecule has 2 aromatic carbocycles. The molecule has 3 saturated heterocycles. The average Bonchev–Trinajstić information content (AvgIpc) is 3.38. The minimum atomic E-state index is -1.05. The van der Waals surface area contributed by atoms with Crippen molar-refractivity contribution in [3.8, 4) is 0 Å². The number of hydrogen-bond acceptors (Lipinski definition) is 8. The van der Waals surface area contributed by atoms with Crippen LogP contribution in [0.4, 0.5) is 0 Å². The van der Waals surface area contributed by atoms with Crippen molar-refractivity contribution in [2.75, 3.05) is 13.2 Å². The molecule has 3 fully saturated rings. The molecule has 0 radical (unpaired) electrons. The van der Waals surface area contributed by atoms with E-state index in [-0.39, 0.29) is 31.5 Å². The Morgan fingerprint density at radius 1 is 0.882 bits per heavy atom. The molecule has 1 N–H and O–H groups in total. The molecule has 3 aliphatic rings. The van der Waals surface area contributed by atoms with Crippen molar-refractivity contribution in [3.05, 3.63) is 71.8 Å². The van der Waals surface area contributed by atoms with Gasteiger partial charge in [0.15, 0.2) is 12.2 Å². The van der Waals surface area contributed by atoms with Crippen LogP contribution in [0.2, 0.25) is 0 Å². The smallest absolute Gasteiger partial charge is 0.312 e. The van der Waals surface area contributed by atoms with Crippen LogP contribution in [0.15, 0.2) is 60.7 Å². The minimum Gasteiger partial charge on any atom is -0.457 e. The van der Waals surface area contributed by atoms with E-state index in [1.54, 1.807) is 0 Å². The summed E-state index contributed by atoms with van der Waals surface area (Å²) in [5.74, 6) is -1.83. The zero-order valence-corrected chi connectivity index (χ0v) is 18.7. The molecule has 7 atom stereocenters. The lowest BCUT2D eigenvalue weighted by atomic mass is 9.81. The molecule has 34 heavy (non-hydrogen) atoms. The summed E-state index contributed by atoms with van der Waals surface area (Å²) in [5.41, 5.74) is 1.99. The monoisotopic (exact) mass is 468 g/mol. The Morgan fingerprint density at radius 3 is 2.21 bits per heavy atom. The van der Waals surface area contributed by atoms with Gasteiger partial charge in [-0.3, -0.25) is 9.59 Å². The molecule has 3 heterocycles. The van der Waals surface area contributed by atoms with Gasteiger partial charge < -0.3 is 28.8 Å². The quantitative estimate of drug-likeness (QED) is 0.558. The van der Waals surface area contributed by atoms with Crippen LogP contribution < -0.4 is 0 Å². The third-order valence-corrected chi connectivity index (χ3v) is 6.62. The number of fused-ring (bicyclic) bond motifs is 3. The summed E-state index contributed by atoms with van der Waals surface area (Å²) in [4.78, 5) is 25.0. The summed E-state index contributed by atoms with van der Waals surface area (Å²) in [6, 6.07) is 19.3. The zero-order chi connectivity index (χ0) is 23.5. The maximum absolute atomic E-state index is 12.7. The van der Waals surface area contributed by atoms with Gasteiger partial charge in [0.1, 0.15) is 18.3 Å². The lowest BCUT2D eigenvalue weighted by Crippen LogP contribution is -2.46. The fraction of sp³-hybridized carbons (Fsp3) is 0.462. The first-order valence-electron chi connectivity index (χ1n) is 11.6. The van der Waals surface area contributed by atoms with E-state index in [9.17, 15) is 14.7 Å². The molecule has 2 unspecified atom stereocenters. The summed E-state index contributed by atoms with van der Waals surface area (Å²) in [5, 5.41) is 10.7. The Morgan fingerprint density at radius 2 is 1.53 bits per heavy atom. The number of cyclic esters (lactones) is 2. The van der Waals surface area contributed by atoms with E-state index < -0.39 is 42.4 Å². The van der Waals surface area contributed by atoms with E-state index >= 15 is 0 Å². The van der Waals surface area contributed by atoms with Gasteiger partial charge in [-0.15, -0.1) is 0 Å². The molecule has 8 heteroatoms. The molecule has 180 valence electrons. The SMILES string of the molecule is O=C1CC2C3C(=O)O[C@@H]([C@H](O)COCc4ccccc4)[C@H]3O[C@@H]2[C@@H](COCc2ccccc2)O1. The Labute approximate surface area is 197 Å². The van der Waals surface area contributed by atoms with Gasteiger partial charge in [-0.25, -0.2) is 0 Å². The highest BCUT2D eigenvalue weighted by Gasteiger charge is 2.62. The molecule has 0 spiro atoms. The molecule has 0 amide bonds. The summed E-state index contributed by atoms with van der Waals surface area (Å²) in [6.45, 7) is 0.862. The highest BCUT2D eigenvalue weighted by atomic mass is 16.6. The lowest BCUT2D eigenvalue weighted by Gasteiger charge is -2.33. The predicted octanol–water partition coefficient (Wildman–Crippen LogP) is 2.02. The summed E-state index contributed by atoms with van der Waals surface area (Å²) < 4.78 is 28.6. The number of aliphatic hydroxyl groups is 1. The molecular formula is C26H28O8. The largest absolute Gasteiger partial charge is 0.457 e. The number of hydrogen-bond donors (Lipinski definition) is 1. The van der Waals surface area contributed by atoms with Crippen LogP contribution in [0, 0.1) is 11.8 Å². The van der Waals surface area contributed by atoms with Gasteiger partial charge in [0.25, 0.3) is 0 Å². The van der Waals surface area contributed by atoms with Gasteiger partial charge in [0.05, 0.1) is 38.8 Å². The van der Waals surface area contributed by atoms with E-state index in [1.807, 2.05) is 60.7 Å². The number of esters is 2. The molecule has 5 rings (SSSR count). The van der Waals surface area contributed by atoms with Crippen molar-refractivity contribution in [2.45, 2.75) is 50.2 Å². The fourth-order valence-electron chi connectivity index (χ4n) is 5.03. The van der Waals surface area contributed by atoms with Gasteiger partial charge in [-0.1, -0.05) is 60.7 Å². The van der Waals surface area contributed by atoms with Gasteiger partial charge in [-0.2, -0.15) is 0 Å². The number of benzene rings is 2. The first-order chi connectivity index (χ1) is 16.6. The summed E-state index contributed by atoms with van der Waals surface area (Å²) in [7, 11) is 0. The molecule has 0 saturated carbocycles. The minimum absolute atomic E-state index is 0.00615. The normalized spacial score (nSPS) is 30.9. The van der Waals surface area contributed by atoms with E-state index in [2.05, 4.69) is 0 Å². The van der Waals surface area contributed by atoms with Crippen LogP contribution >= 0.6 is 0 Å². The molecule has 0 aromatic heterocycles. The van der Waals surface area contributed by atoms with Crippen LogP contribution in [0.3, 0.4) is 0 Å². The highest BCUT2D eigenvalue weighted by molar-refractivity contribution is 5.79. The fourth-order valence-corrected chi connectivity index (χ4v) is 5.03. The van der Waals surface area contributed by atoms with Crippen molar-refractivity contribution < 1.29 is 38.4 Å². The summed E-state index contributed by atoms with van der Waals surface area (Å²) in [6.07, 6.45) is -3.61. The maximum atomic E-state index is 12.7. The predicted molar refractivity (Wildman–Crippen MR) is 118 cm³/mol. The summed E-state index contributed by atoms with van der Waals surface area (Å²) >= 11 is 0. The van der Waals surface area contributed by atoms with Crippen molar-refractivity contribution in [2.24, 2.45) is 11.8 Å². The second kappa shape index (κ2) is 10.2. The second-order valence-corrected chi connectivity index (χ2v) is 8.96. The van der Waals surface area contributed by atoms with Crippen molar-refractivity contribution in [3.63, 3.8) is 0 Å². The molecule has 0 bridgehead atoms. The van der Waals surface area contributed by atoms with Crippen molar-refractivity contribution in [1.29, 1.82) is 0 Å².